The molecule has 7 heteroatoms. The molecule has 0 aliphatic heterocycles. The number of anilines is 1. The third kappa shape index (κ3) is 3.31. The molecule has 2 aromatic rings. The van der Waals surface area contributed by atoms with Gasteiger partial charge in [0.2, 0.25) is 10.0 Å². The highest BCUT2D eigenvalue weighted by atomic mass is 32.2. The molecule has 102 valence electrons. The van der Waals surface area contributed by atoms with Gasteiger partial charge in [0.25, 0.3) is 0 Å². The summed E-state index contributed by atoms with van der Waals surface area (Å²) >= 11 is 0. The van der Waals surface area contributed by atoms with Gasteiger partial charge in [-0.2, -0.15) is 0 Å². The quantitative estimate of drug-likeness (QED) is 0.925. The molecule has 1 heterocycles. The molecule has 0 amide bonds. The molecule has 19 heavy (non-hydrogen) atoms. The number of nitrogens with zero attached hydrogens (tertiary/aromatic N) is 3. The lowest BCUT2D eigenvalue weighted by molar-refractivity contribution is 0.607. The Morgan fingerprint density at radius 2 is 2.05 bits per heavy atom. The second kappa shape index (κ2) is 5.00. The van der Waals surface area contributed by atoms with E-state index < -0.39 is 10.0 Å². The van der Waals surface area contributed by atoms with Crippen molar-refractivity contribution in [3.63, 3.8) is 0 Å². The van der Waals surface area contributed by atoms with Crippen molar-refractivity contribution < 1.29 is 8.42 Å². The van der Waals surface area contributed by atoms with Gasteiger partial charge in [-0.15, -0.1) is 5.10 Å². The molecule has 1 aromatic heterocycles. The third-order valence-corrected chi connectivity index (χ3v) is 3.17. The summed E-state index contributed by atoms with van der Waals surface area (Å²) in [5.41, 5.74) is 2.25. The lowest BCUT2D eigenvalue weighted by atomic mass is 10.1. The monoisotopic (exact) mass is 280 g/mol. The molecule has 0 unspecified atom stereocenters. The summed E-state index contributed by atoms with van der Waals surface area (Å²) in [6, 6.07) is 7.04. The van der Waals surface area contributed by atoms with Crippen LogP contribution in [-0.2, 0) is 10.0 Å². The maximum absolute atomic E-state index is 11.2. The molecule has 0 saturated carbocycles. The van der Waals surface area contributed by atoms with Gasteiger partial charge in [-0.1, -0.05) is 25.1 Å². The number of sulfonamides is 1. The Kier molecular flexibility index (Phi) is 3.57. The van der Waals surface area contributed by atoms with Crippen molar-refractivity contribution >= 4 is 15.7 Å². The topological polar surface area (TPSA) is 76.9 Å². The Hall–Kier alpha value is -1.89. The van der Waals surface area contributed by atoms with Gasteiger partial charge in [-0.3, -0.25) is 4.72 Å². The third-order valence-electron chi connectivity index (χ3n) is 2.56. The highest BCUT2D eigenvalue weighted by Crippen LogP contribution is 2.20. The van der Waals surface area contributed by atoms with Gasteiger partial charge in [-0.05, 0) is 24.1 Å². The molecule has 0 atom stereocenters. The van der Waals surface area contributed by atoms with Crippen molar-refractivity contribution in [1.29, 1.82) is 0 Å². The average molecular weight is 280 g/mol. The molecule has 0 fully saturated rings. The summed E-state index contributed by atoms with van der Waals surface area (Å²) in [5, 5.41) is 7.93. The summed E-state index contributed by atoms with van der Waals surface area (Å²) in [6.07, 6.45) is 2.83. The SMILES string of the molecule is CC(C)c1cnnn1-c1cccc(NS(C)(=O)=O)c1. The highest BCUT2D eigenvalue weighted by Gasteiger charge is 2.10. The molecule has 0 bridgehead atoms. The predicted molar refractivity (Wildman–Crippen MR) is 73.9 cm³/mol. The first-order valence-electron chi connectivity index (χ1n) is 5.85. The van der Waals surface area contributed by atoms with Crippen LogP contribution in [0.15, 0.2) is 30.5 Å². The van der Waals surface area contributed by atoms with Gasteiger partial charge in [0.15, 0.2) is 0 Å². The molecular formula is C12H16N4O2S. The van der Waals surface area contributed by atoms with Gasteiger partial charge in [0.05, 0.1) is 29.5 Å². The number of aromatic nitrogens is 3. The largest absolute Gasteiger partial charge is 0.284 e. The molecule has 0 aliphatic rings. The first-order chi connectivity index (χ1) is 8.87. The molecule has 6 nitrogen and oxygen atoms in total. The van der Waals surface area contributed by atoms with Crippen molar-refractivity contribution in [2.45, 2.75) is 19.8 Å². The van der Waals surface area contributed by atoms with Crippen LogP contribution in [0.1, 0.15) is 25.5 Å². The van der Waals surface area contributed by atoms with Crippen LogP contribution in [0.4, 0.5) is 5.69 Å². The van der Waals surface area contributed by atoms with Crippen LogP contribution in [-0.4, -0.2) is 29.7 Å². The Balaban J connectivity index is 2.41. The van der Waals surface area contributed by atoms with E-state index in [1.54, 1.807) is 29.1 Å². The Morgan fingerprint density at radius 3 is 2.68 bits per heavy atom. The zero-order valence-electron chi connectivity index (χ0n) is 11.0. The number of hydrogen-bond donors (Lipinski definition) is 1. The fraction of sp³-hybridized carbons (Fsp3) is 0.333. The number of nitrogens with one attached hydrogen (secondary N) is 1. The first kappa shape index (κ1) is 13.5. The summed E-state index contributed by atoms with van der Waals surface area (Å²) in [7, 11) is -3.28. The van der Waals surface area contributed by atoms with E-state index in [-0.39, 0.29) is 5.92 Å². The number of rotatable bonds is 4. The molecule has 2 rings (SSSR count). The van der Waals surface area contributed by atoms with Gasteiger partial charge >= 0.3 is 0 Å². The molecule has 1 N–H and O–H groups in total. The second-order valence-electron chi connectivity index (χ2n) is 4.65. The fourth-order valence-electron chi connectivity index (χ4n) is 1.75. The minimum Gasteiger partial charge on any atom is -0.284 e. The van der Waals surface area contributed by atoms with Crippen LogP contribution in [0.2, 0.25) is 0 Å². The van der Waals surface area contributed by atoms with Crippen LogP contribution in [0, 0.1) is 0 Å². The molecule has 0 aliphatic carbocycles. The van der Waals surface area contributed by atoms with Crippen LogP contribution < -0.4 is 4.72 Å². The first-order valence-corrected chi connectivity index (χ1v) is 7.75. The smallest absolute Gasteiger partial charge is 0.229 e. The van der Waals surface area contributed by atoms with Crippen LogP contribution >= 0.6 is 0 Å². The molecule has 1 aromatic carbocycles. The Labute approximate surface area is 112 Å². The van der Waals surface area contributed by atoms with Gasteiger partial charge in [0, 0.05) is 0 Å². The lowest BCUT2D eigenvalue weighted by Crippen LogP contribution is -2.10. The molecule has 0 radical (unpaired) electrons. The van der Waals surface area contributed by atoms with E-state index in [0.29, 0.717) is 5.69 Å². The summed E-state index contributed by atoms with van der Waals surface area (Å²) in [5.74, 6) is 0.279. The molecule has 0 spiro atoms. The normalized spacial score (nSPS) is 11.8. The van der Waals surface area contributed by atoms with Gasteiger partial charge in [-0.25, -0.2) is 13.1 Å². The minimum atomic E-state index is -3.28. The lowest BCUT2D eigenvalue weighted by Gasteiger charge is -2.10. The summed E-state index contributed by atoms with van der Waals surface area (Å²) in [6.45, 7) is 4.10. The Morgan fingerprint density at radius 1 is 1.32 bits per heavy atom. The minimum absolute atomic E-state index is 0.279. The van der Waals surface area contributed by atoms with E-state index in [2.05, 4.69) is 15.0 Å². The summed E-state index contributed by atoms with van der Waals surface area (Å²) in [4.78, 5) is 0. The molecular weight excluding hydrogens is 264 g/mol. The zero-order chi connectivity index (χ0) is 14.0. The maximum Gasteiger partial charge on any atom is 0.229 e. The second-order valence-corrected chi connectivity index (χ2v) is 6.40. The highest BCUT2D eigenvalue weighted by molar-refractivity contribution is 7.92. The van der Waals surface area contributed by atoms with Gasteiger partial charge in [0.1, 0.15) is 0 Å². The van der Waals surface area contributed by atoms with E-state index >= 15 is 0 Å². The predicted octanol–water partition coefficient (Wildman–Crippen LogP) is 1.76. The van der Waals surface area contributed by atoms with E-state index in [1.807, 2.05) is 19.9 Å². The van der Waals surface area contributed by atoms with Gasteiger partial charge < -0.3 is 0 Å². The number of benzene rings is 1. The van der Waals surface area contributed by atoms with Crippen molar-refractivity contribution in [2.75, 3.05) is 11.0 Å². The van der Waals surface area contributed by atoms with Crippen LogP contribution in [0.3, 0.4) is 0 Å². The standard InChI is InChI=1S/C12H16N4O2S/c1-9(2)12-8-13-15-16(12)11-6-4-5-10(7-11)14-19(3,17)18/h4-9,14H,1-3H3. The molecule has 0 saturated heterocycles. The van der Waals surface area contributed by atoms with E-state index in [0.717, 1.165) is 17.6 Å². The van der Waals surface area contributed by atoms with Crippen LogP contribution in [0.25, 0.3) is 5.69 Å². The summed E-state index contributed by atoms with van der Waals surface area (Å²) < 4.78 is 26.6. The van der Waals surface area contributed by atoms with Crippen molar-refractivity contribution in [2.24, 2.45) is 0 Å². The average Bonchev–Trinajstić information content (AvgIpc) is 2.75. The number of hydrogen-bond acceptors (Lipinski definition) is 4. The zero-order valence-corrected chi connectivity index (χ0v) is 11.8. The fourth-order valence-corrected chi connectivity index (χ4v) is 2.31. The van der Waals surface area contributed by atoms with E-state index in [4.69, 9.17) is 0 Å². The Bertz CT molecular complexity index is 677. The van der Waals surface area contributed by atoms with Crippen LogP contribution in [0.5, 0.6) is 0 Å². The van der Waals surface area contributed by atoms with E-state index in [1.165, 1.54) is 0 Å². The van der Waals surface area contributed by atoms with Crippen molar-refractivity contribution in [3.05, 3.63) is 36.2 Å². The maximum atomic E-state index is 11.2. The van der Waals surface area contributed by atoms with Crippen molar-refractivity contribution in [1.82, 2.24) is 15.0 Å². The van der Waals surface area contributed by atoms with E-state index in [9.17, 15) is 8.42 Å². The van der Waals surface area contributed by atoms with Crippen molar-refractivity contribution in [3.8, 4) is 5.69 Å².